The Hall–Kier alpha value is -1.36. The van der Waals surface area contributed by atoms with Gasteiger partial charge in [0.05, 0.1) is 5.69 Å². The van der Waals surface area contributed by atoms with Crippen LogP contribution in [-0.2, 0) is 11.8 Å². The Morgan fingerprint density at radius 1 is 1.37 bits per heavy atom. The van der Waals surface area contributed by atoms with Crippen LogP contribution in [0.4, 0.5) is 0 Å². The number of amides is 1. The van der Waals surface area contributed by atoms with E-state index in [4.69, 9.17) is 0 Å². The number of hydrogen-bond acceptors (Lipinski definition) is 3. The lowest BCUT2D eigenvalue weighted by Crippen LogP contribution is -2.29. The highest BCUT2D eigenvalue weighted by Crippen LogP contribution is 2.20. The highest BCUT2D eigenvalue weighted by molar-refractivity contribution is 5.75. The first-order chi connectivity index (χ1) is 8.97. The number of nitrogens with zero attached hydrogens (tertiary/aromatic N) is 2. The van der Waals surface area contributed by atoms with E-state index < -0.39 is 0 Å². The molecule has 1 rings (SSSR count). The van der Waals surface area contributed by atoms with Gasteiger partial charge in [0.1, 0.15) is 0 Å². The summed E-state index contributed by atoms with van der Waals surface area (Å²) < 4.78 is 1.90. The summed E-state index contributed by atoms with van der Waals surface area (Å²) in [5, 5.41) is 10.7. The topological polar surface area (TPSA) is 59.0 Å². The summed E-state index contributed by atoms with van der Waals surface area (Å²) in [6.07, 6.45) is 1.49. The van der Waals surface area contributed by atoms with Gasteiger partial charge in [-0.15, -0.1) is 0 Å². The second-order valence-corrected chi connectivity index (χ2v) is 4.98. The van der Waals surface area contributed by atoms with E-state index in [1.165, 1.54) is 11.3 Å². The standard InChI is InChI=1S/C14H26N4O/c1-6-8-16-13(19)7-9-15-10(2)14-11(3)17-18(5)12(14)4/h10,15H,6-9H2,1-5H3,(H,16,19). The summed E-state index contributed by atoms with van der Waals surface area (Å²) in [7, 11) is 1.96. The van der Waals surface area contributed by atoms with Crippen LogP contribution in [-0.4, -0.2) is 28.8 Å². The van der Waals surface area contributed by atoms with Crippen LogP contribution in [0.1, 0.15) is 49.7 Å². The van der Waals surface area contributed by atoms with Gasteiger partial charge in [-0.05, 0) is 27.2 Å². The van der Waals surface area contributed by atoms with E-state index in [0.717, 1.165) is 18.7 Å². The first kappa shape index (κ1) is 15.7. The number of nitrogens with one attached hydrogen (secondary N) is 2. The van der Waals surface area contributed by atoms with E-state index >= 15 is 0 Å². The zero-order chi connectivity index (χ0) is 14.4. The second-order valence-electron chi connectivity index (χ2n) is 4.98. The van der Waals surface area contributed by atoms with Crippen molar-refractivity contribution in [3.05, 3.63) is 17.0 Å². The van der Waals surface area contributed by atoms with Crippen LogP contribution in [0.3, 0.4) is 0 Å². The van der Waals surface area contributed by atoms with Gasteiger partial charge in [0.2, 0.25) is 5.91 Å². The van der Waals surface area contributed by atoms with Gasteiger partial charge in [-0.2, -0.15) is 5.10 Å². The van der Waals surface area contributed by atoms with Crippen molar-refractivity contribution in [1.29, 1.82) is 0 Å². The van der Waals surface area contributed by atoms with Gasteiger partial charge >= 0.3 is 0 Å². The highest BCUT2D eigenvalue weighted by atomic mass is 16.1. The van der Waals surface area contributed by atoms with Crippen molar-refractivity contribution in [3.63, 3.8) is 0 Å². The Morgan fingerprint density at radius 3 is 2.58 bits per heavy atom. The van der Waals surface area contributed by atoms with Crippen molar-refractivity contribution in [2.45, 2.75) is 46.6 Å². The van der Waals surface area contributed by atoms with Crippen LogP contribution >= 0.6 is 0 Å². The average molecular weight is 266 g/mol. The Balaban J connectivity index is 2.43. The molecule has 1 aromatic heterocycles. The van der Waals surface area contributed by atoms with Crippen LogP contribution < -0.4 is 10.6 Å². The van der Waals surface area contributed by atoms with Crippen molar-refractivity contribution in [2.75, 3.05) is 13.1 Å². The van der Waals surface area contributed by atoms with Crippen LogP contribution in [0.25, 0.3) is 0 Å². The predicted octanol–water partition coefficient (Wildman–Crippen LogP) is 1.60. The quantitative estimate of drug-likeness (QED) is 0.788. The Kier molecular flexibility index (Phi) is 6.02. The van der Waals surface area contributed by atoms with E-state index in [1.807, 2.05) is 18.7 Å². The maximum absolute atomic E-state index is 11.5. The van der Waals surface area contributed by atoms with Crippen molar-refractivity contribution >= 4 is 5.91 Å². The molecule has 5 nitrogen and oxygen atoms in total. The minimum absolute atomic E-state index is 0.112. The van der Waals surface area contributed by atoms with Gasteiger partial charge in [-0.25, -0.2) is 0 Å². The molecule has 1 amide bonds. The third-order valence-corrected chi connectivity index (χ3v) is 3.37. The molecule has 1 heterocycles. The molecule has 0 aromatic carbocycles. The van der Waals surface area contributed by atoms with E-state index in [0.29, 0.717) is 13.0 Å². The number of carbonyl (C=O) groups is 1. The highest BCUT2D eigenvalue weighted by Gasteiger charge is 2.15. The minimum Gasteiger partial charge on any atom is -0.356 e. The molecule has 19 heavy (non-hydrogen) atoms. The Labute approximate surface area is 115 Å². The summed E-state index contributed by atoms with van der Waals surface area (Å²) in [4.78, 5) is 11.5. The van der Waals surface area contributed by atoms with Crippen LogP contribution in [0, 0.1) is 13.8 Å². The third kappa shape index (κ3) is 4.35. The molecule has 1 aromatic rings. The molecule has 0 aliphatic rings. The smallest absolute Gasteiger partial charge is 0.221 e. The number of aryl methyl sites for hydroxylation is 2. The summed E-state index contributed by atoms with van der Waals surface area (Å²) in [5.74, 6) is 0.112. The summed E-state index contributed by atoms with van der Waals surface area (Å²) in [6, 6.07) is 0.215. The molecule has 0 radical (unpaired) electrons. The van der Waals surface area contributed by atoms with Crippen molar-refractivity contribution < 1.29 is 4.79 Å². The lowest BCUT2D eigenvalue weighted by atomic mass is 10.1. The molecule has 108 valence electrons. The monoisotopic (exact) mass is 266 g/mol. The number of hydrogen-bond donors (Lipinski definition) is 2. The lowest BCUT2D eigenvalue weighted by molar-refractivity contribution is -0.121. The van der Waals surface area contributed by atoms with Gasteiger partial charge < -0.3 is 10.6 Å². The van der Waals surface area contributed by atoms with Crippen molar-refractivity contribution in [1.82, 2.24) is 20.4 Å². The third-order valence-electron chi connectivity index (χ3n) is 3.37. The lowest BCUT2D eigenvalue weighted by Gasteiger charge is -2.14. The van der Waals surface area contributed by atoms with Gasteiger partial charge in [0.25, 0.3) is 0 Å². The number of aromatic nitrogens is 2. The van der Waals surface area contributed by atoms with Gasteiger partial charge in [0, 0.05) is 43.9 Å². The van der Waals surface area contributed by atoms with Gasteiger partial charge in [-0.1, -0.05) is 6.92 Å². The Bertz CT molecular complexity index is 425. The van der Waals surface area contributed by atoms with E-state index in [9.17, 15) is 4.79 Å². The number of carbonyl (C=O) groups excluding carboxylic acids is 1. The summed E-state index contributed by atoms with van der Waals surface area (Å²) in [6.45, 7) is 9.70. The molecule has 1 unspecified atom stereocenters. The molecule has 0 spiro atoms. The maximum Gasteiger partial charge on any atom is 0.221 e. The number of rotatable bonds is 7. The molecule has 0 aliphatic heterocycles. The van der Waals surface area contributed by atoms with Gasteiger partial charge in [-0.3, -0.25) is 9.48 Å². The largest absolute Gasteiger partial charge is 0.356 e. The maximum atomic E-state index is 11.5. The van der Waals surface area contributed by atoms with E-state index in [1.54, 1.807) is 0 Å². The first-order valence-corrected chi connectivity index (χ1v) is 6.97. The molecule has 0 fully saturated rings. The second kappa shape index (κ2) is 7.28. The fourth-order valence-electron chi connectivity index (χ4n) is 2.27. The van der Waals surface area contributed by atoms with Crippen molar-refractivity contribution in [3.8, 4) is 0 Å². The molecule has 0 saturated heterocycles. The van der Waals surface area contributed by atoms with E-state index in [-0.39, 0.29) is 11.9 Å². The molecule has 1 atom stereocenters. The summed E-state index contributed by atoms with van der Waals surface area (Å²) in [5.41, 5.74) is 3.46. The molecular weight excluding hydrogens is 240 g/mol. The van der Waals surface area contributed by atoms with Crippen LogP contribution in [0.2, 0.25) is 0 Å². The SMILES string of the molecule is CCCNC(=O)CCNC(C)c1c(C)nn(C)c1C. The first-order valence-electron chi connectivity index (χ1n) is 6.97. The molecule has 0 aliphatic carbocycles. The fourth-order valence-corrected chi connectivity index (χ4v) is 2.27. The van der Waals surface area contributed by atoms with Crippen LogP contribution in [0.15, 0.2) is 0 Å². The van der Waals surface area contributed by atoms with E-state index in [2.05, 4.69) is 36.5 Å². The molecule has 2 N–H and O–H groups in total. The zero-order valence-electron chi connectivity index (χ0n) is 12.7. The normalized spacial score (nSPS) is 12.5. The van der Waals surface area contributed by atoms with Crippen LogP contribution in [0.5, 0.6) is 0 Å². The molecule has 0 saturated carbocycles. The zero-order valence-corrected chi connectivity index (χ0v) is 12.7. The average Bonchev–Trinajstić information content (AvgIpc) is 2.60. The Morgan fingerprint density at radius 2 is 2.05 bits per heavy atom. The molecular formula is C14H26N4O. The fraction of sp³-hybridized carbons (Fsp3) is 0.714. The van der Waals surface area contributed by atoms with Crippen molar-refractivity contribution in [2.24, 2.45) is 7.05 Å². The minimum atomic E-state index is 0.112. The molecule has 0 bridgehead atoms. The summed E-state index contributed by atoms with van der Waals surface area (Å²) >= 11 is 0. The molecule has 5 heteroatoms. The van der Waals surface area contributed by atoms with Gasteiger partial charge in [0.15, 0.2) is 0 Å². The predicted molar refractivity (Wildman–Crippen MR) is 77.0 cm³/mol.